The van der Waals surface area contributed by atoms with Crippen LogP contribution in [0.5, 0.6) is 0 Å². The van der Waals surface area contributed by atoms with E-state index in [1.807, 2.05) is 19.9 Å². The number of aromatic nitrogens is 3. The van der Waals surface area contributed by atoms with Crippen LogP contribution in [0.1, 0.15) is 37.1 Å². The molecule has 1 fully saturated rings. The fraction of sp³-hybridized carbons (Fsp3) is 0.476. The number of nitrogens with one attached hydrogen (secondary N) is 1. The predicted molar refractivity (Wildman–Crippen MR) is 108 cm³/mol. The van der Waals surface area contributed by atoms with Crippen molar-refractivity contribution >= 4 is 16.7 Å². The van der Waals surface area contributed by atoms with Crippen molar-refractivity contribution in [3.05, 3.63) is 36.0 Å². The largest absolute Gasteiger partial charge is 0.367 e. The standard InChI is InChI=1S/C21H27N5O/c1-13-20(14(2)27-25-13)15-5-10-19-18(11-15)21(23-12-22-19)24-16-6-8-17(9-7-16)26(3)4/h5,10-12,16-17H,6-9H2,1-4H3,(H,22,23,24). The van der Waals surface area contributed by atoms with Gasteiger partial charge in [-0.05, 0) is 71.3 Å². The molecule has 1 N–H and O–H groups in total. The average Bonchev–Trinajstić information content (AvgIpc) is 3.00. The number of hydrogen-bond donors (Lipinski definition) is 1. The molecular weight excluding hydrogens is 338 g/mol. The molecule has 0 saturated heterocycles. The Balaban J connectivity index is 1.63. The topological polar surface area (TPSA) is 67.1 Å². The number of benzene rings is 1. The normalized spacial score (nSPS) is 20.3. The third-order valence-electron chi connectivity index (χ3n) is 5.73. The van der Waals surface area contributed by atoms with Crippen LogP contribution in [0.15, 0.2) is 29.0 Å². The fourth-order valence-corrected chi connectivity index (χ4v) is 4.15. The molecule has 0 aliphatic heterocycles. The molecule has 27 heavy (non-hydrogen) atoms. The highest BCUT2D eigenvalue weighted by atomic mass is 16.5. The number of anilines is 1. The van der Waals surface area contributed by atoms with E-state index in [-0.39, 0.29) is 0 Å². The molecule has 0 spiro atoms. The highest BCUT2D eigenvalue weighted by molar-refractivity contribution is 5.93. The van der Waals surface area contributed by atoms with Gasteiger partial charge < -0.3 is 14.7 Å². The van der Waals surface area contributed by atoms with Crippen molar-refractivity contribution in [3.8, 4) is 11.1 Å². The molecule has 1 aromatic carbocycles. The van der Waals surface area contributed by atoms with Crippen molar-refractivity contribution in [2.24, 2.45) is 0 Å². The molecule has 2 aromatic heterocycles. The molecule has 142 valence electrons. The summed E-state index contributed by atoms with van der Waals surface area (Å²) in [7, 11) is 4.35. The Labute approximate surface area is 160 Å². The molecule has 4 rings (SSSR count). The van der Waals surface area contributed by atoms with Crippen LogP contribution in [-0.4, -0.2) is 46.2 Å². The number of rotatable bonds is 4. The maximum absolute atomic E-state index is 5.34. The van der Waals surface area contributed by atoms with Crippen LogP contribution >= 0.6 is 0 Å². The second-order valence-corrected chi connectivity index (χ2v) is 7.77. The third-order valence-corrected chi connectivity index (χ3v) is 5.73. The first-order valence-electron chi connectivity index (χ1n) is 9.64. The van der Waals surface area contributed by atoms with E-state index in [1.54, 1.807) is 6.33 Å². The molecule has 0 amide bonds. The van der Waals surface area contributed by atoms with Gasteiger partial charge in [-0.3, -0.25) is 0 Å². The van der Waals surface area contributed by atoms with Crippen molar-refractivity contribution in [3.63, 3.8) is 0 Å². The Morgan fingerprint density at radius 2 is 1.85 bits per heavy atom. The molecule has 1 saturated carbocycles. The van der Waals surface area contributed by atoms with Gasteiger partial charge in [0, 0.05) is 23.0 Å². The lowest BCUT2D eigenvalue weighted by atomic mass is 9.90. The SMILES string of the molecule is Cc1noc(C)c1-c1ccc2ncnc(NC3CCC(N(C)C)CC3)c2c1. The predicted octanol–water partition coefficient (Wildman–Crippen LogP) is 4.19. The lowest BCUT2D eigenvalue weighted by Crippen LogP contribution is -2.36. The van der Waals surface area contributed by atoms with Crippen LogP contribution in [-0.2, 0) is 0 Å². The monoisotopic (exact) mass is 365 g/mol. The molecule has 6 heteroatoms. The molecule has 0 unspecified atom stereocenters. The van der Waals surface area contributed by atoms with Gasteiger partial charge >= 0.3 is 0 Å². The summed E-state index contributed by atoms with van der Waals surface area (Å²) < 4.78 is 5.34. The van der Waals surface area contributed by atoms with Gasteiger partial charge in [-0.1, -0.05) is 11.2 Å². The van der Waals surface area contributed by atoms with Gasteiger partial charge in [-0.15, -0.1) is 0 Å². The van der Waals surface area contributed by atoms with Crippen LogP contribution in [0.4, 0.5) is 5.82 Å². The van der Waals surface area contributed by atoms with E-state index in [1.165, 1.54) is 12.8 Å². The lowest BCUT2D eigenvalue weighted by molar-refractivity contribution is 0.221. The maximum atomic E-state index is 5.34. The minimum absolute atomic E-state index is 0.460. The summed E-state index contributed by atoms with van der Waals surface area (Å²) in [5.74, 6) is 1.75. The van der Waals surface area contributed by atoms with Crippen molar-refractivity contribution in [1.82, 2.24) is 20.0 Å². The zero-order valence-electron chi connectivity index (χ0n) is 16.5. The van der Waals surface area contributed by atoms with Crippen LogP contribution in [0.3, 0.4) is 0 Å². The molecule has 0 bridgehead atoms. The molecule has 0 atom stereocenters. The van der Waals surface area contributed by atoms with E-state index in [9.17, 15) is 0 Å². The van der Waals surface area contributed by atoms with Gasteiger partial charge in [0.2, 0.25) is 0 Å². The van der Waals surface area contributed by atoms with Crippen LogP contribution in [0.25, 0.3) is 22.0 Å². The second-order valence-electron chi connectivity index (χ2n) is 7.77. The van der Waals surface area contributed by atoms with Crippen LogP contribution < -0.4 is 5.32 Å². The summed E-state index contributed by atoms with van der Waals surface area (Å²) in [6.07, 6.45) is 6.41. The quantitative estimate of drug-likeness (QED) is 0.748. The van der Waals surface area contributed by atoms with E-state index in [0.717, 1.165) is 52.1 Å². The van der Waals surface area contributed by atoms with Gasteiger partial charge in [0.1, 0.15) is 17.9 Å². The Hall–Kier alpha value is -2.47. The average molecular weight is 365 g/mol. The van der Waals surface area contributed by atoms with E-state index < -0.39 is 0 Å². The first kappa shape index (κ1) is 17.9. The third kappa shape index (κ3) is 3.54. The van der Waals surface area contributed by atoms with Crippen molar-refractivity contribution < 1.29 is 4.52 Å². The Morgan fingerprint density at radius 3 is 2.52 bits per heavy atom. The smallest absolute Gasteiger partial charge is 0.141 e. The van der Waals surface area contributed by atoms with Gasteiger partial charge in [-0.2, -0.15) is 0 Å². The second kappa shape index (κ2) is 7.27. The first-order chi connectivity index (χ1) is 13.0. The summed E-state index contributed by atoms with van der Waals surface area (Å²) in [5, 5.41) is 8.81. The summed E-state index contributed by atoms with van der Waals surface area (Å²) in [6, 6.07) is 7.43. The van der Waals surface area contributed by atoms with Crippen molar-refractivity contribution in [2.75, 3.05) is 19.4 Å². The van der Waals surface area contributed by atoms with Crippen LogP contribution in [0, 0.1) is 13.8 Å². The van der Waals surface area contributed by atoms with Gasteiger partial charge in [-0.25, -0.2) is 9.97 Å². The molecule has 6 nitrogen and oxygen atoms in total. The lowest BCUT2D eigenvalue weighted by Gasteiger charge is -2.33. The molecule has 0 radical (unpaired) electrons. The summed E-state index contributed by atoms with van der Waals surface area (Å²) in [4.78, 5) is 11.3. The Bertz CT molecular complexity index is 921. The van der Waals surface area contributed by atoms with E-state index in [0.29, 0.717) is 12.1 Å². The molecule has 1 aliphatic rings. The summed E-state index contributed by atoms with van der Waals surface area (Å²) in [5.41, 5.74) is 4.00. The van der Waals surface area contributed by atoms with Gasteiger partial charge in [0.15, 0.2) is 0 Å². The first-order valence-corrected chi connectivity index (χ1v) is 9.64. The Kier molecular flexibility index (Phi) is 4.83. The summed E-state index contributed by atoms with van der Waals surface area (Å²) >= 11 is 0. The minimum Gasteiger partial charge on any atom is -0.367 e. The van der Waals surface area contributed by atoms with Crippen LogP contribution in [0.2, 0.25) is 0 Å². The molecule has 1 aliphatic carbocycles. The molecule has 3 aromatic rings. The van der Waals surface area contributed by atoms with E-state index in [2.05, 4.69) is 51.6 Å². The fourth-order valence-electron chi connectivity index (χ4n) is 4.15. The highest BCUT2D eigenvalue weighted by Crippen LogP contribution is 2.32. The zero-order chi connectivity index (χ0) is 19.0. The molecule has 2 heterocycles. The van der Waals surface area contributed by atoms with E-state index in [4.69, 9.17) is 4.52 Å². The van der Waals surface area contributed by atoms with Gasteiger partial charge in [0.05, 0.1) is 11.2 Å². The zero-order valence-corrected chi connectivity index (χ0v) is 16.5. The number of hydrogen-bond acceptors (Lipinski definition) is 6. The number of aryl methyl sites for hydroxylation is 2. The maximum Gasteiger partial charge on any atom is 0.141 e. The Morgan fingerprint density at radius 1 is 1.07 bits per heavy atom. The summed E-state index contributed by atoms with van der Waals surface area (Å²) in [6.45, 7) is 3.92. The van der Waals surface area contributed by atoms with Crippen molar-refractivity contribution in [1.29, 1.82) is 0 Å². The minimum atomic E-state index is 0.460. The molecular formula is C21H27N5O. The van der Waals surface area contributed by atoms with Crippen molar-refractivity contribution in [2.45, 2.75) is 51.6 Å². The van der Waals surface area contributed by atoms with Gasteiger partial charge in [0.25, 0.3) is 0 Å². The number of nitrogens with zero attached hydrogens (tertiary/aromatic N) is 4. The van der Waals surface area contributed by atoms with E-state index >= 15 is 0 Å². The number of fused-ring (bicyclic) bond motifs is 1. The highest BCUT2D eigenvalue weighted by Gasteiger charge is 2.23.